The number of nitrogens with zero attached hydrogens (tertiary/aromatic N) is 2. The van der Waals surface area contributed by atoms with Crippen LogP contribution >= 0.6 is 23.1 Å². The minimum atomic E-state index is 0.599. The Morgan fingerprint density at radius 1 is 1.39 bits per heavy atom. The Morgan fingerprint density at radius 2 is 2.17 bits per heavy atom. The molecule has 2 rings (SSSR count). The quantitative estimate of drug-likeness (QED) is 0.651. The van der Waals surface area contributed by atoms with E-state index >= 15 is 0 Å². The molecular formula is C12H18N4S2. The van der Waals surface area contributed by atoms with Crippen LogP contribution in [-0.2, 0) is 5.75 Å². The molecule has 3 N–H and O–H groups in total. The number of nitrogens with two attached hydrogens (primary N) is 1. The van der Waals surface area contributed by atoms with E-state index in [1.165, 1.54) is 0 Å². The molecule has 0 aliphatic rings. The summed E-state index contributed by atoms with van der Waals surface area (Å²) >= 11 is 3.49. The van der Waals surface area contributed by atoms with Gasteiger partial charge in [-0.1, -0.05) is 20.8 Å². The van der Waals surface area contributed by atoms with Gasteiger partial charge in [0.05, 0.1) is 11.1 Å². The van der Waals surface area contributed by atoms with E-state index in [0.29, 0.717) is 17.0 Å². The summed E-state index contributed by atoms with van der Waals surface area (Å²) in [5.41, 5.74) is 2.65. The second-order valence-electron chi connectivity index (χ2n) is 4.53. The molecule has 6 heteroatoms. The number of hydrazine groups is 1. The van der Waals surface area contributed by atoms with E-state index in [4.69, 9.17) is 5.84 Å². The van der Waals surface area contributed by atoms with Crippen molar-refractivity contribution >= 4 is 39.1 Å². The molecule has 0 saturated carbocycles. The lowest BCUT2D eigenvalue weighted by Crippen LogP contribution is -2.11. The van der Waals surface area contributed by atoms with Crippen LogP contribution < -0.4 is 11.3 Å². The van der Waals surface area contributed by atoms with Gasteiger partial charge in [0.15, 0.2) is 5.82 Å². The van der Waals surface area contributed by atoms with Gasteiger partial charge in [0, 0.05) is 5.25 Å². The maximum Gasteiger partial charge on any atom is 0.152 e. The average molecular weight is 282 g/mol. The van der Waals surface area contributed by atoms with Crippen molar-refractivity contribution in [1.82, 2.24) is 9.97 Å². The molecule has 98 valence electrons. The molecule has 0 radical (unpaired) electrons. The predicted molar refractivity (Wildman–Crippen MR) is 80.8 cm³/mol. The van der Waals surface area contributed by atoms with Crippen molar-refractivity contribution in [3.8, 4) is 0 Å². The fourth-order valence-corrected chi connectivity index (χ4v) is 3.18. The molecule has 0 spiro atoms. The van der Waals surface area contributed by atoms with E-state index in [9.17, 15) is 0 Å². The number of aromatic nitrogens is 2. The van der Waals surface area contributed by atoms with Gasteiger partial charge in [0.2, 0.25) is 0 Å². The summed E-state index contributed by atoms with van der Waals surface area (Å²) in [5, 5.41) is 3.60. The first kappa shape index (κ1) is 13.6. The summed E-state index contributed by atoms with van der Waals surface area (Å²) in [6.07, 6.45) is 0. The number of rotatable bonds is 5. The van der Waals surface area contributed by atoms with Crippen LogP contribution in [0.3, 0.4) is 0 Å². The molecule has 0 bridgehead atoms. The Bertz CT molecular complexity index is 524. The van der Waals surface area contributed by atoms with Crippen LogP contribution in [0.1, 0.15) is 26.6 Å². The number of nitrogens with one attached hydrogen (secondary N) is 1. The number of nitrogen functional groups attached to an aromatic ring is 1. The SMILES string of the molecule is CC(C)C(C)SCc1nc(NN)c2ccsc2n1. The Balaban J connectivity index is 2.18. The lowest BCUT2D eigenvalue weighted by atomic mass is 10.2. The lowest BCUT2D eigenvalue weighted by molar-refractivity contribution is 0.642. The summed E-state index contributed by atoms with van der Waals surface area (Å²) in [5.74, 6) is 8.55. The molecule has 0 fully saturated rings. The highest BCUT2D eigenvalue weighted by Gasteiger charge is 2.11. The van der Waals surface area contributed by atoms with Crippen molar-refractivity contribution in [2.24, 2.45) is 11.8 Å². The first-order chi connectivity index (χ1) is 8.61. The number of fused-ring (bicyclic) bond motifs is 1. The molecule has 0 aliphatic heterocycles. The van der Waals surface area contributed by atoms with Crippen LogP contribution in [0.4, 0.5) is 5.82 Å². The Labute approximate surface area is 115 Å². The number of thioether (sulfide) groups is 1. The highest BCUT2D eigenvalue weighted by Crippen LogP contribution is 2.27. The zero-order valence-corrected chi connectivity index (χ0v) is 12.4. The second kappa shape index (κ2) is 5.86. The molecule has 18 heavy (non-hydrogen) atoms. The van der Waals surface area contributed by atoms with Gasteiger partial charge in [-0.2, -0.15) is 11.8 Å². The van der Waals surface area contributed by atoms with Crippen molar-refractivity contribution in [3.05, 3.63) is 17.3 Å². The Hall–Kier alpha value is -0.850. The minimum Gasteiger partial charge on any atom is -0.308 e. The molecular weight excluding hydrogens is 264 g/mol. The van der Waals surface area contributed by atoms with E-state index in [1.54, 1.807) is 11.3 Å². The fourth-order valence-electron chi connectivity index (χ4n) is 1.47. The van der Waals surface area contributed by atoms with Crippen molar-refractivity contribution in [3.63, 3.8) is 0 Å². The van der Waals surface area contributed by atoms with Gasteiger partial charge in [0.1, 0.15) is 10.7 Å². The van der Waals surface area contributed by atoms with Crippen molar-refractivity contribution in [1.29, 1.82) is 0 Å². The van der Waals surface area contributed by atoms with Crippen LogP contribution in [0.2, 0.25) is 0 Å². The minimum absolute atomic E-state index is 0.599. The van der Waals surface area contributed by atoms with Gasteiger partial charge in [-0.15, -0.1) is 11.3 Å². The van der Waals surface area contributed by atoms with Crippen LogP contribution in [-0.4, -0.2) is 15.2 Å². The van der Waals surface area contributed by atoms with E-state index in [0.717, 1.165) is 21.8 Å². The van der Waals surface area contributed by atoms with E-state index in [2.05, 4.69) is 36.2 Å². The Morgan fingerprint density at radius 3 is 2.83 bits per heavy atom. The molecule has 0 amide bonds. The molecule has 4 nitrogen and oxygen atoms in total. The highest BCUT2D eigenvalue weighted by molar-refractivity contribution is 7.99. The smallest absolute Gasteiger partial charge is 0.152 e. The number of thiophene rings is 1. The first-order valence-electron chi connectivity index (χ1n) is 5.94. The third-order valence-corrected chi connectivity index (χ3v) is 5.22. The maximum absolute atomic E-state index is 5.51. The zero-order valence-electron chi connectivity index (χ0n) is 10.8. The molecule has 2 aromatic rings. The standard InChI is InChI=1S/C12H18N4S2/c1-7(2)8(3)18-6-10-14-11(16-13)9-4-5-17-12(9)15-10/h4-5,7-8H,6,13H2,1-3H3,(H,14,15,16). The Kier molecular flexibility index (Phi) is 4.42. The highest BCUT2D eigenvalue weighted by atomic mass is 32.2. The summed E-state index contributed by atoms with van der Waals surface area (Å²) in [6, 6.07) is 1.99. The summed E-state index contributed by atoms with van der Waals surface area (Å²) in [6.45, 7) is 6.70. The van der Waals surface area contributed by atoms with Gasteiger partial charge >= 0.3 is 0 Å². The molecule has 2 aromatic heterocycles. The van der Waals surface area contributed by atoms with Gasteiger partial charge < -0.3 is 5.43 Å². The monoisotopic (exact) mass is 282 g/mol. The van der Waals surface area contributed by atoms with Gasteiger partial charge in [-0.3, -0.25) is 0 Å². The summed E-state index contributed by atoms with van der Waals surface area (Å²) in [4.78, 5) is 10.0. The molecule has 1 unspecified atom stereocenters. The zero-order chi connectivity index (χ0) is 13.1. The first-order valence-corrected chi connectivity index (χ1v) is 7.87. The molecule has 0 saturated heterocycles. The lowest BCUT2D eigenvalue weighted by Gasteiger charge is -2.14. The van der Waals surface area contributed by atoms with Crippen LogP contribution in [0.5, 0.6) is 0 Å². The van der Waals surface area contributed by atoms with E-state index < -0.39 is 0 Å². The predicted octanol–water partition coefficient (Wildman–Crippen LogP) is 3.25. The number of hydrogen-bond donors (Lipinski definition) is 2. The maximum atomic E-state index is 5.51. The van der Waals surface area contributed by atoms with E-state index in [1.807, 2.05) is 23.2 Å². The number of anilines is 1. The van der Waals surface area contributed by atoms with E-state index in [-0.39, 0.29) is 0 Å². The van der Waals surface area contributed by atoms with Crippen molar-refractivity contribution < 1.29 is 0 Å². The summed E-state index contributed by atoms with van der Waals surface area (Å²) < 4.78 is 0. The summed E-state index contributed by atoms with van der Waals surface area (Å²) in [7, 11) is 0. The average Bonchev–Trinajstić information content (AvgIpc) is 2.82. The molecule has 0 aliphatic carbocycles. The second-order valence-corrected chi connectivity index (χ2v) is 6.79. The van der Waals surface area contributed by atoms with Crippen LogP contribution in [0, 0.1) is 5.92 Å². The van der Waals surface area contributed by atoms with Crippen LogP contribution in [0.25, 0.3) is 10.2 Å². The third-order valence-electron chi connectivity index (χ3n) is 2.92. The third kappa shape index (κ3) is 2.93. The molecule has 0 aromatic carbocycles. The van der Waals surface area contributed by atoms with Crippen molar-refractivity contribution in [2.75, 3.05) is 5.43 Å². The van der Waals surface area contributed by atoms with Crippen molar-refractivity contribution in [2.45, 2.75) is 31.8 Å². The van der Waals surface area contributed by atoms with Crippen LogP contribution in [0.15, 0.2) is 11.4 Å². The largest absolute Gasteiger partial charge is 0.308 e. The molecule has 1 atom stereocenters. The normalized spacial score (nSPS) is 13.2. The molecule has 2 heterocycles. The topological polar surface area (TPSA) is 63.8 Å². The van der Waals surface area contributed by atoms with Gasteiger partial charge in [0.25, 0.3) is 0 Å². The number of hydrogen-bond acceptors (Lipinski definition) is 6. The van der Waals surface area contributed by atoms with Gasteiger partial charge in [-0.05, 0) is 17.4 Å². The fraction of sp³-hybridized carbons (Fsp3) is 0.500. The van der Waals surface area contributed by atoms with Gasteiger partial charge in [-0.25, -0.2) is 15.8 Å².